The first kappa shape index (κ1) is 15.0. The maximum absolute atomic E-state index is 12.7. The van der Waals surface area contributed by atoms with E-state index < -0.39 is 0 Å². The number of rotatable bonds is 6. The van der Waals surface area contributed by atoms with Gasteiger partial charge < -0.3 is 4.90 Å². The highest BCUT2D eigenvalue weighted by Gasteiger charge is 2.41. The molecule has 3 nitrogen and oxygen atoms in total. The van der Waals surface area contributed by atoms with Gasteiger partial charge in [-0.3, -0.25) is 4.79 Å². The Morgan fingerprint density at radius 1 is 1.22 bits per heavy atom. The topological polar surface area (TPSA) is 33.2 Å². The molecule has 0 spiro atoms. The van der Waals surface area contributed by atoms with E-state index in [1.165, 1.54) is 25.7 Å². The fourth-order valence-corrected chi connectivity index (χ4v) is 4.01. The second-order valence-corrected chi connectivity index (χ2v) is 7.74. The molecule has 2 aliphatic rings. The number of fused-ring (bicyclic) bond motifs is 1. The van der Waals surface area contributed by atoms with E-state index in [-0.39, 0.29) is 5.91 Å². The van der Waals surface area contributed by atoms with Crippen molar-refractivity contribution in [3.05, 3.63) is 36.4 Å². The number of thioether (sulfide) groups is 1. The highest BCUT2D eigenvalue weighted by molar-refractivity contribution is 7.99. The highest BCUT2D eigenvalue weighted by atomic mass is 32.2. The largest absolute Gasteiger partial charge is 0.336 e. The predicted molar refractivity (Wildman–Crippen MR) is 94.5 cm³/mol. The number of carbonyl (C=O) groups is 1. The zero-order valence-corrected chi connectivity index (χ0v) is 14.3. The first-order chi connectivity index (χ1) is 11.2. The van der Waals surface area contributed by atoms with Crippen molar-refractivity contribution < 1.29 is 4.79 Å². The Balaban J connectivity index is 1.42. The van der Waals surface area contributed by atoms with E-state index in [9.17, 15) is 4.79 Å². The number of para-hydroxylation sites is 1. The standard InChI is InChI=1S/C19H22N2OS/c1-13(14-6-7-14)21(16-9-10-16)19(22)12-23-18-11-8-15-4-2-3-5-17(15)20-18/h2-5,8,11,13-14,16H,6-7,9-10,12H2,1H3. The summed E-state index contributed by atoms with van der Waals surface area (Å²) in [5.74, 6) is 1.52. The van der Waals surface area contributed by atoms with E-state index in [1.54, 1.807) is 11.8 Å². The summed E-state index contributed by atoms with van der Waals surface area (Å²) in [6.07, 6.45) is 4.94. The number of benzene rings is 1. The van der Waals surface area contributed by atoms with Crippen LogP contribution < -0.4 is 0 Å². The summed E-state index contributed by atoms with van der Waals surface area (Å²) in [6.45, 7) is 2.23. The van der Waals surface area contributed by atoms with Crippen molar-refractivity contribution in [3.63, 3.8) is 0 Å². The summed E-state index contributed by atoms with van der Waals surface area (Å²) in [4.78, 5) is 19.5. The summed E-state index contributed by atoms with van der Waals surface area (Å²) in [7, 11) is 0. The van der Waals surface area contributed by atoms with E-state index in [4.69, 9.17) is 0 Å². The van der Waals surface area contributed by atoms with Gasteiger partial charge in [0.05, 0.1) is 16.3 Å². The second-order valence-electron chi connectivity index (χ2n) is 6.74. The molecule has 2 saturated carbocycles. The average Bonchev–Trinajstić information content (AvgIpc) is 3.45. The first-order valence-electron chi connectivity index (χ1n) is 8.52. The van der Waals surface area contributed by atoms with Crippen LogP contribution in [-0.4, -0.2) is 33.6 Å². The van der Waals surface area contributed by atoms with Crippen molar-refractivity contribution in [3.8, 4) is 0 Å². The molecule has 0 radical (unpaired) electrons. The van der Waals surface area contributed by atoms with Gasteiger partial charge in [0, 0.05) is 17.5 Å². The van der Waals surface area contributed by atoms with Gasteiger partial charge in [0.25, 0.3) is 0 Å². The molecular formula is C19H22N2OS. The quantitative estimate of drug-likeness (QED) is 0.749. The maximum atomic E-state index is 12.7. The lowest BCUT2D eigenvalue weighted by molar-refractivity contribution is -0.131. The molecule has 1 aromatic heterocycles. The molecule has 2 fully saturated rings. The minimum atomic E-state index is 0.284. The number of aromatic nitrogens is 1. The number of hydrogen-bond donors (Lipinski definition) is 0. The van der Waals surface area contributed by atoms with Crippen molar-refractivity contribution in [2.75, 3.05) is 5.75 Å². The van der Waals surface area contributed by atoms with Crippen molar-refractivity contribution in [1.29, 1.82) is 0 Å². The van der Waals surface area contributed by atoms with Crippen LogP contribution in [0.25, 0.3) is 10.9 Å². The van der Waals surface area contributed by atoms with Gasteiger partial charge in [0.2, 0.25) is 5.91 Å². The average molecular weight is 326 g/mol. The zero-order chi connectivity index (χ0) is 15.8. The van der Waals surface area contributed by atoms with Gasteiger partial charge in [-0.15, -0.1) is 0 Å². The maximum Gasteiger partial charge on any atom is 0.233 e. The fourth-order valence-electron chi connectivity index (χ4n) is 3.26. The van der Waals surface area contributed by atoms with Crippen LogP contribution in [0, 0.1) is 5.92 Å². The van der Waals surface area contributed by atoms with Crippen LogP contribution in [0.2, 0.25) is 0 Å². The number of carbonyl (C=O) groups excluding carboxylic acids is 1. The van der Waals surface area contributed by atoms with E-state index >= 15 is 0 Å². The normalized spacial score (nSPS) is 18.8. The SMILES string of the molecule is CC(C1CC1)N(C(=O)CSc1ccc2ccccc2n1)C1CC1. The molecule has 0 saturated heterocycles. The van der Waals surface area contributed by atoms with Gasteiger partial charge >= 0.3 is 0 Å². The summed E-state index contributed by atoms with van der Waals surface area (Å²) >= 11 is 1.56. The van der Waals surface area contributed by atoms with Crippen molar-refractivity contribution in [1.82, 2.24) is 9.88 Å². The van der Waals surface area contributed by atoms with Crippen molar-refractivity contribution in [2.24, 2.45) is 5.92 Å². The third-order valence-corrected chi connectivity index (χ3v) is 5.80. The Labute approximate surface area is 141 Å². The Bertz CT molecular complexity index is 724. The van der Waals surface area contributed by atoms with Gasteiger partial charge in [-0.1, -0.05) is 36.0 Å². The highest BCUT2D eigenvalue weighted by Crippen LogP contribution is 2.40. The van der Waals surface area contributed by atoms with E-state index in [0.717, 1.165) is 21.8 Å². The lowest BCUT2D eigenvalue weighted by atomic mass is 10.2. The molecule has 1 amide bonds. The second kappa shape index (κ2) is 6.16. The van der Waals surface area contributed by atoms with Crippen LogP contribution in [0.3, 0.4) is 0 Å². The monoisotopic (exact) mass is 326 g/mol. The molecule has 4 rings (SSSR count). The molecule has 0 N–H and O–H groups in total. The Morgan fingerprint density at radius 3 is 2.74 bits per heavy atom. The smallest absolute Gasteiger partial charge is 0.233 e. The van der Waals surface area contributed by atoms with Crippen LogP contribution in [0.4, 0.5) is 0 Å². The Hall–Kier alpha value is -1.55. The Kier molecular flexibility index (Phi) is 4.02. The van der Waals surface area contributed by atoms with Crippen LogP contribution >= 0.6 is 11.8 Å². The van der Waals surface area contributed by atoms with Gasteiger partial charge in [0.15, 0.2) is 0 Å². The van der Waals surface area contributed by atoms with Crippen molar-refractivity contribution in [2.45, 2.75) is 49.7 Å². The molecule has 2 aliphatic carbocycles. The third kappa shape index (κ3) is 3.37. The molecule has 2 aromatic rings. The predicted octanol–water partition coefficient (Wildman–Crippen LogP) is 4.12. The minimum Gasteiger partial charge on any atom is -0.336 e. The van der Waals surface area contributed by atoms with E-state index in [1.807, 2.05) is 24.3 Å². The summed E-state index contributed by atoms with van der Waals surface area (Å²) in [5.41, 5.74) is 0.996. The molecule has 23 heavy (non-hydrogen) atoms. The van der Waals surface area contributed by atoms with Gasteiger partial charge in [-0.05, 0) is 50.7 Å². The number of pyridine rings is 1. The number of hydrogen-bond acceptors (Lipinski definition) is 3. The molecule has 0 bridgehead atoms. The van der Waals surface area contributed by atoms with Gasteiger partial charge in [0.1, 0.15) is 0 Å². The molecule has 0 aliphatic heterocycles. The fraction of sp³-hybridized carbons (Fsp3) is 0.474. The van der Waals surface area contributed by atoms with E-state index in [0.29, 0.717) is 17.8 Å². The molecule has 1 unspecified atom stereocenters. The summed E-state index contributed by atoms with van der Waals surface area (Å²) < 4.78 is 0. The van der Waals surface area contributed by atoms with E-state index in [2.05, 4.69) is 28.9 Å². The molecule has 1 aromatic carbocycles. The summed E-state index contributed by atoms with van der Waals surface area (Å²) in [6, 6.07) is 13.1. The van der Waals surface area contributed by atoms with Crippen LogP contribution in [-0.2, 0) is 4.79 Å². The summed E-state index contributed by atoms with van der Waals surface area (Å²) in [5, 5.41) is 2.08. The lowest BCUT2D eigenvalue weighted by Crippen LogP contribution is -2.42. The minimum absolute atomic E-state index is 0.284. The molecular weight excluding hydrogens is 304 g/mol. The molecule has 120 valence electrons. The van der Waals surface area contributed by atoms with Crippen LogP contribution in [0.5, 0.6) is 0 Å². The van der Waals surface area contributed by atoms with Crippen LogP contribution in [0.1, 0.15) is 32.6 Å². The lowest BCUT2D eigenvalue weighted by Gasteiger charge is -2.29. The number of amides is 1. The third-order valence-electron chi connectivity index (χ3n) is 4.89. The van der Waals surface area contributed by atoms with Gasteiger partial charge in [-0.2, -0.15) is 0 Å². The van der Waals surface area contributed by atoms with Crippen molar-refractivity contribution >= 4 is 28.6 Å². The van der Waals surface area contributed by atoms with Gasteiger partial charge in [-0.25, -0.2) is 4.98 Å². The Morgan fingerprint density at radius 2 is 2.00 bits per heavy atom. The molecule has 1 atom stereocenters. The molecule has 4 heteroatoms. The number of nitrogens with zero attached hydrogens (tertiary/aromatic N) is 2. The zero-order valence-electron chi connectivity index (χ0n) is 13.4. The first-order valence-corrected chi connectivity index (χ1v) is 9.51. The molecule has 1 heterocycles. The van der Waals surface area contributed by atoms with Crippen LogP contribution in [0.15, 0.2) is 41.4 Å².